The average Bonchev–Trinajstić information content (AvgIpc) is 2.90. The van der Waals surface area contributed by atoms with Crippen molar-refractivity contribution in [1.82, 2.24) is 14.9 Å². The molecule has 0 aromatic carbocycles. The predicted molar refractivity (Wildman–Crippen MR) is 74.0 cm³/mol. The number of rotatable bonds is 4. The summed E-state index contributed by atoms with van der Waals surface area (Å²) in [6, 6.07) is 2.39. The van der Waals surface area contributed by atoms with Gasteiger partial charge in [-0.1, -0.05) is 18.3 Å². The number of nitrogens with one attached hydrogen (secondary N) is 1. The third-order valence-corrected chi connectivity index (χ3v) is 4.69. The summed E-state index contributed by atoms with van der Waals surface area (Å²) in [5.41, 5.74) is 2.44. The van der Waals surface area contributed by atoms with E-state index in [0.29, 0.717) is 5.92 Å². The van der Waals surface area contributed by atoms with Crippen LogP contribution in [0.1, 0.15) is 46.8 Å². The van der Waals surface area contributed by atoms with Crippen LogP contribution in [-0.2, 0) is 0 Å². The highest BCUT2D eigenvalue weighted by molar-refractivity contribution is 7.10. The molecule has 5 heteroatoms. The van der Waals surface area contributed by atoms with Crippen LogP contribution in [0.25, 0.3) is 0 Å². The Bertz CT molecular complexity index is 487. The zero-order chi connectivity index (χ0) is 12.4. The summed E-state index contributed by atoms with van der Waals surface area (Å²) >= 11 is 3.29. The summed E-state index contributed by atoms with van der Waals surface area (Å²) in [5, 5.41) is 9.78. The Morgan fingerprint density at radius 2 is 2.06 bits per heavy atom. The number of nitrogens with zero attached hydrogens (tertiary/aromatic N) is 2. The van der Waals surface area contributed by atoms with E-state index in [4.69, 9.17) is 0 Å². The molecule has 0 bridgehead atoms. The van der Waals surface area contributed by atoms with E-state index >= 15 is 0 Å². The average molecular weight is 267 g/mol. The Balaban J connectivity index is 2.43. The summed E-state index contributed by atoms with van der Waals surface area (Å²) in [6.45, 7) is 6.47. The van der Waals surface area contributed by atoms with Gasteiger partial charge in [-0.05, 0) is 48.4 Å². The molecule has 1 N–H and O–H groups in total. The maximum Gasteiger partial charge on any atom is 0.0832 e. The minimum Gasteiger partial charge on any atom is -0.308 e. The smallest absolute Gasteiger partial charge is 0.0832 e. The molecular weight excluding hydrogens is 250 g/mol. The van der Waals surface area contributed by atoms with Crippen molar-refractivity contribution >= 4 is 22.9 Å². The van der Waals surface area contributed by atoms with Crippen molar-refractivity contribution in [2.75, 3.05) is 7.05 Å². The van der Waals surface area contributed by atoms with Gasteiger partial charge in [0.1, 0.15) is 0 Å². The van der Waals surface area contributed by atoms with Crippen LogP contribution in [0.4, 0.5) is 0 Å². The molecular formula is C12H17N3S2. The summed E-state index contributed by atoms with van der Waals surface area (Å²) in [5.74, 6) is 0.417. The first kappa shape index (κ1) is 12.7. The molecule has 2 aromatic rings. The topological polar surface area (TPSA) is 37.8 Å². The van der Waals surface area contributed by atoms with E-state index in [9.17, 15) is 0 Å². The first-order chi connectivity index (χ1) is 8.15. The highest BCUT2D eigenvalue weighted by Gasteiger charge is 2.23. The van der Waals surface area contributed by atoms with Crippen LogP contribution in [-0.4, -0.2) is 16.6 Å². The zero-order valence-electron chi connectivity index (χ0n) is 10.5. The summed E-state index contributed by atoms with van der Waals surface area (Å²) in [4.78, 5) is 2.61. The molecule has 2 rings (SSSR count). The molecule has 92 valence electrons. The van der Waals surface area contributed by atoms with E-state index in [-0.39, 0.29) is 6.04 Å². The molecule has 0 fully saturated rings. The van der Waals surface area contributed by atoms with Crippen LogP contribution in [0.5, 0.6) is 0 Å². The van der Waals surface area contributed by atoms with Crippen molar-refractivity contribution in [2.45, 2.75) is 32.7 Å². The van der Waals surface area contributed by atoms with Gasteiger partial charge < -0.3 is 5.32 Å². The van der Waals surface area contributed by atoms with Crippen molar-refractivity contribution in [3.05, 3.63) is 32.5 Å². The molecule has 0 amide bonds. The lowest BCUT2D eigenvalue weighted by atomic mass is 10.0. The third-order valence-electron chi connectivity index (χ3n) is 2.80. The van der Waals surface area contributed by atoms with Gasteiger partial charge in [0.2, 0.25) is 0 Å². The summed E-state index contributed by atoms with van der Waals surface area (Å²) < 4.78 is 4.11. The van der Waals surface area contributed by atoms with Gasteiger partial charge in [0.15, 0.2) is 0 Å². The van der Waals surface area contributed by atoms with Crippen LogP contribution >= 0.6 is 22.9 Å². The van der Waals surface area contributed by atoms with Gasteiger partial charge in [-0.3, -0.25) is 0 Å². The SMILES string of the molecule is CNC(c1sccc1C)c1snnc1C(C)C. The van der Waals surface area contributed by atoms with Gasteiger partial charge in [-0.15, -0.1) is 16.4 Å². The van der Waals surface area contributed by atoms with Gasteiger partial charge >= 0.3 is 0 Å². The Morgan fingerprint density at radius 1 is 1.29 bits per heavy atom. The first-order valence-corrected chi connectivity index (χ1v) is 7.33. The van der Waals surface area contributed by atoms with Crippen molar-refractivity contribution in [3.63, 3.8) is 0 Å². The number of aromatic nitrogens is 2. The normalized spacial score (nSPS) is 13.2. The van der Waals surface area contributed by atoms with Gasteiger partial charge in [0, 0.05) is 4.88 Å². The maximum atomic E-state index is 4.26. The van der Waals surface area contributed by atoms with E-state index in [1.165, 1.54) is 26.9 Å². The second kappa shape index (κ2) is 5.25. The zero-order valence-corrected chi connectivity index (χ0v) is 12.2. The van der Waals surface area contributed by atoms with E-state index in [1.54, 1.807) is 11.3 Å². The molecule has 3 nitrogen and oxygen atoms in total. The Hall–Kier alpha value is -0.780. The molecule has 0 spiro atoms. The third kappa shape index (κ3) is 2.41. The maximum absolute atomic E-state index is 4.26. The lowest BCUT2D eigenvalue weighted by Crippen LogP contribution is -2.18. The van der Waals surface area contributed by atoms with Gasteiger partial charge in [-0.2, -0.15) is 0 Å². The monoisotopic (exact) mass is 267 g/mol. The van der Waals surface area contributed by atoms with Crippen molar-refractivity contribution < 1.29 is 0 Å². The molecule has 1 atom stereocenters. The minimum absolute atomic E-state index is 0.229. The van der Waals surface area contributed by atoms with Crippen LogP contribution < -0.4 is 5.32 Å². The number of hydrogen-bond donors (Lipinski definition) is 1. The van der Waals surface area contributed by atoms with E-state index in [1.807, 2.05) is 7.05 Å². The molecule has 1 unspecified atom stereocenters. The van der Waals surface area contributed by atoms with Crippen molar-refractivity contribution in [2.24, 2.45) is 0 Å². The molecule has 0 radical (unpaired) electrons. The Kier molecular flexibility index (Phi) is 3.91. The molecule has 0 saturated carbocycles. The fourth-order valence-corrected chi connectivity index (χ4v) is 3.91. The lowest BCUT2D eigenvalue weighted by Gasteiger charge is -2.16. The van der Waals surface area contributed by atoms with Crippen molar-refractivity contribution in [3.8, 4) is 0 Å². The number of aryl methyl sites for hydroxylation is 1. The Labute approximate surface area is 110 Å². The van der Waals surface area contributed by atoms with E-state index in [0.717, 1.165) is 5.69 Å². The largest absolute Gasteiger partial charge is 0.308 e. The standard InChI is InChI=1S/C12H17N3S2/c1-7(2)9-12(17-15-14-9)10(13-4)11-8(3)5-6-16-11/h5-7,10,13H,1-4H3. The van der Waals surface area contributed by atoms with Gasteiger partial charge in [-0.25, -0.2) is 0 Å². The molecule has 0 aliphatic rings. The summed E-state index contributed by atoms with van der Waals surface area (Å²) in [6.07, 6.45) is 0. The number of thiophene rings is 1. The molecule has 0 saturated heterocycles. The summed E-state index contributed by atoms with van der Waals surface area (Å²) in [7, 11) is 1.99. The Morgan fingerprint density at radius 3 is 2.59 bits per heavy atom. The lowest BCUT2D eigenvalue weighted by molar-refractivity contribution is 0.685. The van der Waals surface area contributed by atoms with Crippen LogP contribution in [0, 0.1) is 6.92 Å². The van der Waals surface area contributed by atoms with Crippen molar-refractivity contribution in [1.29, 1.82) is 0 Å². The van der Waals surface area contributed by atoms with Crippen LogP contribution in [0.3, 0.4) is 0 Å². The molecule has 2 heterocycles. The molecule has 0 aliphatic heterocycles. The van der Waals surface area contributed by atoms with E-state index in [2.05, 4.69) is 47.1 Å². The molecule has 17 heavy (non-hydrogen) atoms. The predicted octanol–water partition coefficient (Wildman–Crippen LogP) is 3.34. The quantitative estimate of drug-likeness (QED) is 0.923. The van der Waals surface area contributed by atoms with Gasteiger partial charge in [0.05, 0.1) is 16.6 Å². The molecule has 2 aromatic heterocycles. The number of hydrogen-bond acceptors (Lipinski definition) is 5. The van der Waals surface area contributed by atoms with Crippen LogP contribution in [0.15, 0.2) is 11.4 Å². The van der Waals surface area contributed by atoms with Gasteiger partial charge in [0.25, 0.3) is 0 Å². The van der Waals surface area contributed by atoms with E-state index < -0.39 is 0 Å². The fraction of sp³-hybridized carbons (Fsp3) is 0.500. The second-order valence-corrected chi connectivity index (χ2v) is 6.10. The van der Waals surface area contributed by atoms with Crippen LogP contribution in [0.2, 0.25) is 0 Å². The highest BCUT2D eigenvalue weighted by Crippen LogP contribution is 2.34. The molecule has 0 aliphatic carbocycles. The first-order valence-electron chi connectivity index (χ1n) is 5.68. The minimum atomic E-state index is 0.229. The second-order valence-electron chi connectivity index (χ2n) is 4.37. The fourth-order valence-electron chi connectivity index (χ4n) is 1.87. The highest BCUT2D eigenvalue weighted by atomic mass is 32.1.